The molecule has 1 rings (SSSR count). The lowest BCUT2D eigenvalue weighted by Crippen LogP contribution is -2.46. The van der Waals surface area contributed by atoms with Crippen LogP contribution in [0, 0.1) is 0 Å². The first kappa shape index (κ1) is 16.8. The molecule has 5 nitrogen and oxygen atoms in total. The standard InChI is InChI=1S/C13H17ClN2O3S/c1-20-7-6-11(15)13(19)16(8-12(17)18)10-4-2-9(14)3-5-10/h2-5,11H,6-8,15H2,1H3,(H,17,18)/t11-/m1/s1. The fourth-order valence-electron chi connectivity index (χ4n) is 1.62. The summed E-state index contributed by atoms with van der Waals surface area (Å²) in [5, 5.41) is 9.46. The van der Waals surface area contributed by atoms with Crippen LogP contribution in [0.2, 0.25) is 5.02 Å². The third-order valence-electron chi connectivity index (χ3n) is 2.65. The van der Waals surface area contributed by atoms with Crippen LogP contribution >= 0.6 is 23.4 Å². The van der Waals surface area contributed by atoms with Crippen molar-refractivity contribution in [1.82, 2.24) is 0 Å². The predicted octanol–water partition coefficient (Wildman–Crippen LogP) is 1.84. The molecule has 3 N–H and O–H groups in total. The van der Waals surface area contributed by atoms with Crippen LogP contribution in [-0.4, -0.2) is 41.6 Å². The average molecular weight is 317 g/mol. The molecule has 0 unspecified atom stereocenters. The van der Waals surface area contributed by atoms with E-state index in [1.54, 1.807) is 36.0 Å². The highest BCUT2D eigenvalue weighted by Gasteiger charge is 2.24. The Balaban J connectivity index is 2.91. The number of carboxylic acids is 1. The van der Waals surface area contributed by atoms with Crippen molar-refractivity contribution in [2.24, 2.45) is 5.73 Å². The van der Waals surface area contributed by atoms with Gasteiger partial charge < -0.3 is 10.8 Å². The van der Waals surface area contributed by atoms with Gasteiger partial charge in [0.2, 0.25) is 5.91 Å². The summed E-state index contributed by atoms with van der Waals surface area (Å²) >= 11 is 7.37. The molecule has 0 heterocycles. The number of anilines is 1. The summed E-state index contributed by atoms with van der Waals surface area (Å²) in [4.78, 5) is 24.4. The molecule has 0 saturated carbocycles. The zero-order chi connectivity index (χ0) is 15.1. The lowest BCUT2D eigenvalue weighted by Gasteiger charge is -2.24. The first-order chi connectivity index (χ1) is 9.45. The van der Waals surface area contributed by atoms with E-state index < -0.39 is 24.5 Å². The predicted molar refractivity (Wildman–Crippen MR) is 82.4 cm³/mol. The first-order valence-corrected chi connectivity index (χ1v) is 7.76. The van der Waals surface area contributed by atoms with Crippen LogP contribution in [0.3, 0.4) is 0 Å². The van der Waals surface area contributed by atoms with E-state index in [4.69, 9.17) is 22.4 Å². The molecule has 0 spiro atoms. The Morgan fingerprint density at radius 3 is 2.50 bits per heavy atom. The number of hydrogen-bond donors (Lipinski definition) is 2. The smallest absolute Gasteiger partial charge is 0.323 e. The maximum atomic E-state index is 12.3. The molecular formula is C13H17ClN2O3S. The second-order valence-corrected chi connectivity index (χ2v) is 5.60. The Morgan fingerprint density at radius 2 is 2.00 bits per heavy atom. The van der Waals surface area contributed by atoms with Crippen LogP contribution in [-0.2, 0) is 9.59 Å². The van der Waals surface area contributed by atoms with E-state index in [1.165, 1.54) is 4.90 Å². The van der Waals surface area contributed by atoms with Crippen LogP contribution in [0.1, 0.15) is 6.42 Å². The summed E-state index contributed by atoms with van der Waals surface area (Å²) in [5.74, 6) is -0.747. The number of aliphatic carboxylic acids is 1. The van der Waals surface area contributed by atoms with Gasteiger partial charge in [-0.1, -0.05) is 11.6 Å². The van der Waals surface area contributed by atoms with Gasteiger partial charge in [-0.3, -0.25) is 14.5 Å². The SMILES string of the molecule is CSCC[C@@H](N)C(=O)N(CC(=O)O)c1ccc(Cl)cc1. The second kappa shape index (κ2) is 8.14. The number of thioether (sulfide) groups is 1. The molecule has 0 aromatic heterocycles. The van der Waals surface area contributed by atoms with Crippen LogP contribution in [0.15, 0.2) is 24.3 Å². The molecule has 0 saturated heterocycles. The number of rotatable bonds is 7. The van der Waals surface area contributed by atoms with Crippen LogP contribution in [0.25, 0.3) is 0 Å². The van der Waals surface area contributed by atoms with Gasteiger partial charge in [0.15, 0.2) is 0 Å². The average Bonchev–Trinajstić information content (AvgIpc) is 2.42. The van der Waals surface area contributed by atoms with E-state index in [1.807, 2.05) is 6.26 Å². The molecule has 0 radical (unpaired) electrons. The van der Waals surface area contributed by atoms with Gasteiger partial charge in [0.25, 0.3) is 0 Å². The molecular weight excluding hydrogens is 300 g/mol. The Hall–Kier alpha value is -1.24. The Labute approximate surface area is 127 Å². The molecule has 1 aromatic carbocycles. The highest BCUT2D eigenvalue weighted by molar-refractivity contribution is 7.98. The molecule has 7 heteroatoms. The van der Waals surface area contributed by atoms with Crippen molar-refractivity contribution >= 4 is 40.9 Å². The van der Waals surface area contributed by atoms with Gasteiger partial charge >= 0.3 is 5.97 Å². The van der Waals surface area contributed by atoms with E-state index in [0.29, 0.717) is 17.1 Å². The number of nitrogens with zero attached hydrogens (tertiary/aromatic N) is 1. The zero-order valence-corrected chi connectivity index (χ0v) is 12.7. The van der Waals surface area contributed by atoms with Crippen molar-refractivity contribution in [2.75, 3.05) is 23.5 Å². The highest BCUT2D eigenvalue weighted by atomic mass is 35.5. The van der Waals surface area contributed by atoms with E-state index in [2.05, 4.69) is 0 Å². The quantitative estimate of drug-likeness (QED) is 0.802. The van der Waals surface area contributed by atoms with E-state index in [-0.39, 0.29) is 0 Å². The number of amides is 1. The number of carbonyl (C=O) groups is 2. The number of carbonyl (C=O) groups excluding carboxylic acids is 1. The van der Waals surface area contributed by atoms with Crippen molar-refractivity contribution in [3.05, 3.63) is 29.3 Å². The normalized spacial score (nSPS) is 11.9. The monoisotopic (exact) mass is 316 g/mol. The summed E-state index contributed by atoms with van der Waals surface area (Å²) in [7, 11) is 0. The summed E-state index contributed by atoms with van der Waals surface area (Å²) in [6.45, 7) is -0.423. The van der Waals surface area contributed by atoms with Gasteiger partial charge in [-0.25, -0.2) is 0 Å². The summed E-state index contributed by atoms with van der Waals surface area (Å²) in [6.07, 6.45) is 2.43. The highest BCUT2D eigenvalue weighted by Crippen LogP contribution is 2.19. The van der Waals surface area contributed by atoms with E-state index in [9.17, 15) is 9.59 Å². The molecule has 0 aliphatic heterocycles. The van der Waals surface area contributed by atoms with Crippen molar-refractivity contribution in [1.29, 1.82) is 0 Å². The van der Waals surface area contributed by atoms with Crippen LogP contribution < -0.4 is 10.6 Å². The zero-order valence-electron chi connectivity index (χ0n) is 11.1. The minimum absolute atomic E-state index is 0.399. The van der Waals surface area contributed by atoms with E-state index >= 15 is 0 Å². The molecule has 0 bridgehead atoms. The third kappa shape index (κ3) is 5.03. The largest absolute Gasteiger partial charge is 0.480 e. The third-order valence-corrected chi connectivity index (χ3v) is 3.54. The molecule has 0 aliphatic carbocycles. The van der Waals surface area contributed by atoms with Gasteiger partial charge in [0.05, 0.1) is 6.04 Å². The summed E-state index contributed by atoms with van der Waals surface area (Å²) < 4.78 is 0. The molecule has 110 valence electrons. The Bertz CT molecular complexity index is 467. The van der Waals surface area contributed by atoms with Crippen LogP contribution in [0.4, 0.5) is 5.69 Å². The lowest BCUT2D eigenvalue weighted by molar-refractivity contribution is -0.136. The van der Waals surface area contributed by atoms with Crippen molar-refractivity contribution in [3.63, 3.8) is 0 Å². The summed E-state index contributed by atoms with van der Waals surface area (Å²) in [5.41, 5.74) is 6.30. The minimum atomic E-state index is -1.09. The number of hydrogen-bond acceptors (Lipinski definition) is 4. The molecule has 20 heavy (non-hydrogen) atoms. The van der Waals surface area contributed by atoms with Crippen LogP contribution in [0.5, 0.6) is 0 Å². The van der Waals surface area contributed by atoms with Crippen molar-refractivity contribution in [3.8, 4) is 0 Å². The number of carboxylic acid groups (broad SMARTS) is 1. The summed E-state index contributed by atoms with van der Waals surface area (Å²) in [6, 6.07) is 5.70. The Kier molecular flexibility index (Phi) is 6.84. The molecule has 1 aromatic rings. The second-order valence-electron chi connectivity index (χ2n) is 4.18. The van der Waals surface area contributed by atoms with Gasteiger partial charge in [-0.2, -0.15) is 11.8 Å². The fourth-order valence-corrected chi connectivity index (χ4v) is 2.24. The van der Waals surface area contributed by atoms with Crippen molar-refractivity contribution in [2.45, 2.75) is 12.5 Å². The minimum Gasteiger partial charge on any atom is -0.480 e. The lowest BCUT2D eigenvalue weighted by atomic mass is 10.2. The van der Waals surface area contributed by atoms with E-state index in [0.717, 1.165) is 5.75 Å². The molecule has 0 aliphatic rings. The van der Waals surface area contributed by atoms with Gasteiger partial charge in [0, 0.05) is 10.7 Å². The molecule has 1 amide bonds. The number of nitrogens with two attached hydrogens (primary N) is 1. The van der Waals surface area contributed by atoms with Crippen molar-refractivity contribution < 1.29 is 14.7 Å². The number of halogens is 1. The van der Waals surface area contributed by atoms with Gasteiger partial charge in [-0.05, 0) is 42.7 Å². The van der Waals surface area contributed by atoms with Gasteiger partial charge in [-0.15, -0.1) is 0 Å². The molecule has 1 atom stereocenters. The maximum absolute atomic E-state index is 12.3. The first-order valence-electron chi connectivity index (χ1n) is 5.99. The number of benzene rings is 1. The van der Waals surface area contributed by atoms with Gasteiger partial charge in [0.1, 0.15) is 6.54 Å². The topological polar surface area (TPSA) is 83.6 Å². The maximum Gasteiger partial charge on any atom is 0.323 e. The molecule has 0 fully saturated rings. The Morgan fingerprint density at radius 1 is 1.40 bits per heavy atom. The fraction of sp³-hybridized carbons (Fsp3) is 0.385.